The third-order valence-electron chi connectivity index (χ3n) is 5.18. The minimum Gasteiger partial charge on any atom is -0.496 e. The maximum atomic E-state index is 13.1. The number of aliphatic hydroxyl groups is 1. The first-order valence-electron chi connectivity index (χ1n) is 9.21. The molecule has 4 rings (SSSR count). The van der Waals surface area contributed by atoms with Gasteiger partial charge in [-0.3, -0.25) is 9.36 Å². The lowest BCUT2D eigenvalue weighted by Crippen LogP contribution is -2.48. The molecule has 7 heteroatoms. The fraction of sp³-hybridized carbons (Fsp3) is 0.286. The number of likely N-dealkylation sites (tertiary alicyclic amines) is 1. The third kappa shape index (κ3) is 3.36. The molecule has 0 aliphatic carbocycles. The second-order valence-corrected chi connectivity index (χ2v) is 6.98. The number of ether oxygens (including phenoxy) is 1. The number of benzene rings is 2. The number of carbonyl (C=O) groups excluding carboxylic acids is 1. The van der Waals surface area contributed by atoms with Crippen LogP contribution in [0.25, 0.3) is 5.69 Å². The van der Waals surface area contributed by atoms with E-state index in [4.69, 9.17) is 4.74 Å². The maximum Gasteiger partial charge on any atom is 0.254 e. The summed E-state index contributed by atoms with van der Waals surface area (Å²) in [6, 6.07) is 14.7. The van der Waals surface area contributed by atoms with Crippen LogP contribution in [-0.4, -0.2) is 50.9 Å². The van der Waals surface area contributed by atoms with Crippen LogP contribution in [0.4, 0.5) is 0 Å². The molecule has 2 aromatic carbocycles. The van der Waals surface area contributed by atoms with E-state index < -0.39 is 5.60 Å². The highest BCUT2D eigenvalue weighted by atomic mass is 16.5. The molecule has 2 heterocycles. The van der Waals surface area contributed by atoms with Gasteiger partial charge in [-0.1, -0.05) is 24.3 Å². The SMILES string of the molecule is COc1ccccc1[C@]1(O)CCCN(C(=O)c2cccc(-n3cnnc3)c2)C1. The van der Waals surface area contributed by atoms with Crippen molar-refractivity contribution in [1.29, 1.82) is 0 Å². The number of amides is 1. The molecule has 1 atom stereocenters. The summed E-state index contributed by atoms with van der Waals surface area (Å²) >= 11 is 0. The highest BCUT2D eigenvalue weighted by Gasteiger charge is 2.38. The molecule has 28 heavy (non-hydrogen) atoms. The van der Waals surface area contributed by atoms with E-state index in [1.807, 2.05) is 42.5 Å². The smallest absolute Gasteiger partial charge is 0.254 e. The van der Waals surface area contributed by atoms with Crippen molar-refractivity contribution in [1.82, 2.24) is 19.7 Å². The van der Waals surface area contributed by atoms with Crippen molar-refractivity contribution in [2.75, 3.05) is 20.2 Å². The number of methoxy groups -OCH3 is 1. The summed E-state index contributed by atoms with van der Waals surface area (Å²) in [6.45, 7) is 0.830. The third-order valence-corrected chi connectivity index (χ3v) is 5.18. The van der Waals surface area contributed by atoms with Crippen molar-refractivity contribution in [2.24, 2.45) is 0 Å². The normalized spacial score (nSPS) is 19.4. The Balaban J connectivity index is 1.60. The number of β-amino-alcohol motifs (C(OH)–C–C–N with tert-alkyl or cyclic N) is 1. The average Bonchev–Trinajstić information content (AvgIpc) is 3.28. The summed E-state index contributed by atoms with van der Waals surface area (Å²) in [5, 5.41) is 18.9. The van der Waals surface area contributed by atoms with Crippen molar-refractivity contribution < 1.29 is 14.6 Å². The molecule has 0 bridgehead atoms. The first kappa shape index (κ1) is 18.2. The van der Waals surface area contributed by atoms with Gasteiger partial charge in [0.15, 0.2) is 0 Å². The van der Waals surface area contributed by atoms with Crippen molar-refractivity contribution in [3.8, 4) is 11.4 Å². The molecule has 3 aromatic rings. The molecule has 0 radical (unpaired) electrons. The minimum atomic E-state index is -1.13. The molecule has 1 fully saturated rings. The number of hydrogen-bond donors (Lipinski definition) is 1. The van der Waals surface area contributed by atoms with E-state index in [-0.39, 0.29) is 12.5 Å². The van der Waals surface area contributed by atoms with Crippen molar-refractivity contribution >= 4 is 5.91 Å². The first-order valence-corrected chi connectivity index (χ1v) is 9.21. The van der Waals surface area contributed by atoms with Crippen molar-refractivity contribution in [2.45, 2.75) is 18.4 Å². The lowest BCUT2D eigenvalue weighted by Gasteiger charge is -2.40. The van der Waals surface area contributed by atoms with E-state index in [0.717, 1.165) is 5.69 Å². The van der Waals surface area contributed by atoms with Gasteiger partial charge in [-0.15, -0.1) is 10.2 Å². The number of hydrogen-bond acceptors (Lipinski definition) is 5. The standard InChI is InChI=1S/C21H22N4O3/c1-28-19-9-3-2-8-18(19)21(27)10-5-11-24(13-21)20(26)16-6-4-7-17(12-16)25-14-22-23-15-25/h2-4,6-9,12,14-15,27H,5,10-11,13H2,1H3/t21-/m0/s1. The number of nitrogens with zero attached hydrogens (tertiary/aromatic N) is 4. The zero-order valence-electron chi connectivity index (χ0n) is 15.7. The molecule has 1 saturated heterocycles. The van der Waals surface area contributed by atoms with E-state index in [9.17, 15) is 9.90 Å². The zero-order chi connectivity index (χ0) is 19.6. The molecule has 0 unspecified atom stereocenters. The van der Waals surface area contributed by atoms with Crippen LogP contribution in [0.5, 0.6) is 5.75 Å². The fourth-order valence-electron chi connectivity index (χ4n) is 3.77. The average molecular weight is 378 g/mol. The van der Waals surface area contributed by atoms with Crippen molar-refractivity contribution in [3.05, 3.63) is 72.3 Å². The first-order chi connectivity index (χ1) is 13.6. The number of piperidine rings is 1. The molecule has 1 N–H and O–H groups in total. The van der Waals surface area contributed by atoms with Gasteiger partial charge in [0.1, 0.15) is 24.0 Å². The summed E-state index contributed by atoms with van der Waals surface area (Å²) in [7, 11) is 1.59. The summed E-state index contributed by atoms with van der Waals surface area (Å²) in [5.41, 5.74) is 0.961. The molecule has 1 aliphatic rings. The fourth-order valence-corrected chi connectivity index (χ4v) is 3.77. The Hall–Kier alpha value is -3.19. The van der Waals surface area contributed by atoms with Gasteiger partial charge in [0.05, 0.1) is 13.7 Å². The van der Waals surface area contributed by atoms with Crippen LogP contribution in [0.2, 0.25) is 0 Å². The van der Waals surface area contributed by atoms with Crippen molar-refractivity contribution in [3.63, 3.8) is 0 Å². The second-order valence-electron chi connectivity index (χ2n) is 6.98. The van der Waals surface area contributed by atoms with Crippen LogP contribution in [0, 0.1) is 0 Å². The largest absolute Gasteiger partial charge is 0.496 e. The zero-order valence-corrected chi connectivity index (χ0v) is 15.7. The van der Waals surface area contributed by atoms with Gasteiger partial charge in [-0.2, -0.15) is 0 Å². The second kappa shape index (κ2) is 7.44. The monoisotopic (exact) mass is 378 g/mol. The predicted octanol–water partition coefficient (Wildman–Crippen LogP) is 2.40. The van der Waals surface area contributed by atoms with Gasteiger partial charge in [-0.05, 0) is 37.1 Å². The molecular formula is C21H22N4O3. The van der Waals surface area contributed by atoms with Crippen LogP contribution >= 0.6 is 0 Å². The topological polar surface area (TPSA) is 80.5 Å². The quantitative estimate of drug-likeness (QED) is 0.754. The summed E-state index contributed by atoms with van der Waals surface area (Å²) in [6.07, 6.45) is 4.47. The van der Waals surface area contributed by atoms with Gasteiger partial charge in [0.2, 0.25) is 0 Å². The van der Waals surface area contributed by atoms with Crippen LogP contribution in [0.3, 0.4) is 0 Å². The van der Waals surface area contributed by atoms with Crippen LogP contribution < -0.4 is 4.74 Å². The Bertz CT molecular complexity index is 973. The Morgan fingerprint density at radius 2 is 1.93 bits per heavy atom. The minimum absolute atomic E-state index is 0.108. The predicted molar refractivity (Wildman–Crippen MR) is 103 cm³/mol. The van der Waals surface area contributed by atoms with Gasteiger partial charge in [0.25, 0.3) is 5.91 Å². The Labute approximate surface area is 163 Å². The highest BCUT2D eigenvalue weighted by molar-refractivity contribution is 5.95. The molecule has 0 saturated carbocycles. The Morgan fingerprint density at radius 3 is 2.71 bits per heavy atom. The van der Waals surface area contributed by atoms with Crippen LogP contribution in [0.15, 0.2) is 61.2 Å². The van der Waals surface area contributed by atoms with E-state index in [1.165, 1.54) is 0 Å². The van der Waals surface area contributed by atoms with E-state index in [2.05, 4.69) is 10.2 Å². The molecule has 7 nitrogen and oxygen atoms in total. The number of carbonyl (C=O) groups is 1. The molecule has 1 aliphatic heterocycles. The van der Waals surface area contributed by atoms with Crippen LogP contribution in [0.1, 0.15) is 28.8 Å². The molecule has 144 valence electrons. The summed E-state index contributed by atoms with van der Waals surface area (Å²) in [5.74, 6) is 0.525. The number of aromatic nitrogens is 3. The van der Waals surface area contributed by atoms with E-state index in [1.54, 1.807) is 35.3 Å². The summed E-state index contributed by atoms with van der Waals surface area (Å²) in [4.78, 5) is 14.8. The highest BCUT2D eigenvalue weighted by Crippen LogP contribution is 2.37. The van der Waals surface area contributed by atoms with Gasteiger partial charge in [-0.25, -0.2) is 0 Å². The Morgan fingerprint density at radius 1 is 1.14 bits per heavy atom. The molecule has 1 aromatic heterocycles. The van der Waals surface area contributed by atoms with Gasteiger partial charge >= 0.3 is 0 Å². The molecule has 1 amide bonds. The number of para-hydroxylation sites is 1. The lowest BCUT2D eigenvalue weighted by molar-refractivity contribution is -0.0303. The maximum absolute atomic E-state index is 13.1. The summed E-state index contributed by atoms with van der Waals surface area (Å²) < 4.78 is 7.17. The van der Waals surface area contributed by atoms with Gasteiger partial charge in [0, 0.05) is 23.4 Å². The van der Waals surface area contributed by atoms with E-state index in [0.29, 0.717) is 36.3 Å². The van der Waals surface area contributed by atoms with Crippen LogP contribution in [-0.2, 0) is 5.60 Å². The van der Waals surface area contributed by atoms with E-state index >= 15 is 0 Å². The molecular weight excluding hydrogens is 356 g/mol. The Kier molecular flexibility index (Phi) is 4.83. The van der Waals surface area contributed by atoms with Gasteiger partial charge < -0.3 is 14.7 Å². The number of rotatable bonds is 4. The molecule has 0 spiro atoms. The lowest BCUT2D eigenvalue weighted by atomic mass is 9.85.